The molecular weight excluding hydrogens is 483 g/mol. The van der Waals surface area contributed by atoms with Gasteiger partial charge in [0.1, 0.15) is 0 Å². The quantitative estimate of drug-likeness (QED) is 0.380. The fourth-order valence-electron chi connectivity index (χ4n) is 5.46. The first-order chi connectivity index (χ1) is 16.9. The highest BCUT2D eigenvalue weighted by atomic mass is 35.5. The zero-order chi connectivity index (χ0) is 24.5. The van der Waals surface area contributed by atoms with E-state index in [1.807, 2.05) is 18.5 Å². The van der Waals surface area contributed by atoms with Crippen molar-refractivity contribution in [2.45, 2.75) is 64.8 Å². The summed E-state index contributed by atoms with van der Waals surface area (Å²) >= 11 is 12.6. The van der Waals surface area contributed by atoms with Crippen LogP contribution in [0.25, 0.3) is 11.2 Å². The molecule has 2 fully saturated rings. The van der Waals surface area contributed by atoms with Crippen molar-refractivity contribution < 1.29 is 4.74 Å². The Morgan fingerprint density at radius 3 is 2.60 bits per heavy atom. The number of aromatic nitrogens is 4. The highest BCUT2D eigenvalue weighted by Gasteiger charge is 2.32. The lowest BCUT2D eigenvalue weighted by atomic mass is 9.94. The molecule has 0 N–H and O–H groups in total. The van der Waals surface area contributed by atoms with E-state index in [1.165, 1.54) is 5.56 Å². The maximum absolute atomic E-state index is 6.42. The van der Waals surface area contributed by atoms with Gasteiger partial charge in [0.2, 0.25) is 5.28 Å². The Kier molecular flexibility index (Phi) is 7.49. The Morgan fingerprint density at radius 2 is 1.91 bits per heavy atom. The van der Waals surface area contributed by atoms with E-state index in [0.717, 1.165) is 74.1 Å². The number of anilines is 1. The highest BCUT2D eigenvalue weighted by Crippen LogP contribution is 2.33. The van der Waals surface area contributed by atoms with Crippen LogP contribution in [-0.2, 0) is 11.3 Å². The van der Waals surface area contributed by atoms with Gasteiger partial charge in [0.05, 0.1) is 19.0 Å². The van der Waals surface area contributed by atoms with Crippen LogP contribution < -0.4 is 4.90 Å². The number of fused-ring (bicyclic) bond motifs is 1. The second-order valence-electron chi connectivity index (χ2n) is 10.3. The van der Waals surface area contributed by atoms with E-state index in [0.29, 0.717) is 12.0 Å². The Morgan fingerprint density at radius 1 is 1.11 bits per heavy atom. The van der Waals surface area contributed by atoms with Crippen LogP contribution in [0.5, 0.6) is 0 Å². The third-order valence-corrected chi connectivity index (χ3v) is 7.58. The molecule has 3 unspecified atom stereocenters. The van der Waals surface area contributed by atoms with E-state index < -0.39 is 0 Å². The lowest BCUT2D eigenvalue weighted by Crippen LogP contribution is -2.53. The summed E-state index contributed by atoms with van der Waals surface area (Å²) in [6.45, 7) is 11.1. The molecule has 1 aromatic carbocycles. The number of ether oxygens (including phenoxy) is 1. The average molecular weight is 518 g/mol. The minimum absolute atomic E-state index is 0.206. The van der Waals surface area contributed by atoms with E-state index in [1.54, 1.807) is 0 Å². The number of nitrogens with zero attached hydrogens (tertiary/aromatic N) is 6. The third-order valence-electron chi connectivity index (χ3n) is 7.16. The molecule has 5 rings (SSSR count). The SMILES string of the molecule is CC(C)CC(c1ccc(Cl)cc1)N1CCN(c2nc(Cl)nc3c2ncn3CC2CCCO2)C(C)C1. The van der Waals surface area contributed by atoms with Gasteiger partial charge in [-0.1, -0.05) is 37.6 Å². The van der Waals surface area contributed by atoms with Crippen molar-refractivity contribution in [2.75, 3.05) is 31.1 Å². The van der Waals surface area contributed by atoms with Gasteiger partial charge in [0.15, 0.2) is 17.0 Å². The molecule has 188 valence electrons. The van der Waals surface area contributed by atoms with Crippen LogP contribution in [0.15, 0.2) is 30.6 Å². The predicted octanol–water partition coefficient (Wildman–Crippen LogP) is 5.61. The number of imidazole rings is 1. The van der Waals surface area contributed by atoms with Gasteiger partial charge in [-0.25, -0.2) is 4.98 Å². The summed E-state index contributed by atoms with van der Waals surface area (Å²) in [6, 6.07) is 8.94. The summed E-state index contributed by atoms with van der Waals surface area (Å²) in [5, 5.41) is 1.04. The number of benzene rings is 1. The molecule has 2 aromatic heterocycles. The summed E-state index contributed by atoms with van der Waals surface area (Å²) in [7, 11) is 0. The molecule has 7 nitrogen and oxygen atoms in total. The number of hydrogen-bond donors (Lipinski definition) is 0. The van der Waals surface area contributed by atoms with Gasteiger partial charge >= 0.3 is 0 Å². The Bertz CT molecular complexity index is 1140. The van der Waals surface area contributed by atoms with E-state index in [2.05, 4.69) is 57.2 Å². The number of hydrogen-bond acceptors (Lipinski definition) is 6. The number of rotatable bonds is 7. The monoisotopic (exact) mass is 516 g/mol. The van der Waals surface area contributed by atoms with Gasteiger partial charge in [-0.3, -0.25) is 4.90 Å². The fourth-order valence-corrected chi connectivity index (χ4v) is 5.74. The van der Waals surface area contributed by atoms with Gasteiger partial charge in [0, 0.05) is 43.3 Å². The standard InChI is InChI=1S/C26H34Cl2N6O/c1-17(2)13-22(19-6-8-20(27)9-7-19)32-10-11-34(18(3)14-32)25-23-24(30-26(28)31-25)33(16-29-23)15-21-5-4-12-35-21/h6-9,16-18,21-22H,4-5,10-15H2,1-3H3. The molecule has 0 spiro atoms. The predicted molar refractivity (Wildman–Crippen MR) is 141 cm³/mol. The van der Waals surface area contributed by atoms with Gasteiger partial charge in [-0.05, 0) is 61.4 Å². The molecule has 35 heavy (non-hydrogen) atoms. The van der Waals surface area contributed by atoms with Crippen molar-refractivity contribution in [3.63, 3.8) is 0 Å². The molecule has 2 saturated heterocycles. The largest absolute Gasteiger partial charge is 0.376 e. The maximum Gasteiger partial charge on any atom is 0.226 e. The van der Waals surface area contributed by atoms with Crippen LogP contribution in [0.3, 0.4) is 0 Å². The van der Waals surface area contributed by atoms with Crippen LogP contribution in [0.4, 0.5) is 5.82 Å². The van der Waals surface area contributed by atoms with Crippen LogP contribution in [0.1, 0.15) is 51.6 Å². The van der Waals surface area contributed by atoms with Crippen molar-refractivity contribution in [1.29, 1.82) is 0 Å². The first-order valence-electron chi connectivity index (χ1n) is 12.6. The van der Waals surface area contributed by atoms with Crippen LogP contribution >= 0.6 is 23.2 Å². The lowest BCUT2D eigenvalue weighted by molar-refractivity contribution is 0.0978. The van der Waals surface area contributed by atoms with E-state index >= 15 is 0 Å². The maximum atomic E-state index is 6.42. The molecule has 0 aliphatic carbocycles. The van der Waals surface area contributed by atoms with E-state index in [4.69, 9.17) is 32.9 Å². The average Bonchev–Trinajstić information content (AvgIpc) is 3.48. The Balaban J connectivity index is 1.38. The van der Waals surface area contributed by atoms with Gasteiger partial charge in [-0.2, -0.15) is 9.97 Å². The molecule has 3 atom stereocenters. The van der Waals surface area contributed by atoms with Crippen LogP contribution in [0, 0.1) is 5.92 Å². The normalized spacial score (nSPS) is 22.4. The molecular formula is C26H34Cl2N6O. The Hall–Kier alpha value is -1.93. The van der Waals surface area contributed by atoms with Crippen molar-refractivity contribution >= 4 is 40.2 Å². The number of piperazine rings is 1. The summed E-state index contributed by atoms with van der Waals surface area (Å²) in [4.78, 5) is 18.8. The first-order valence-corrected chi connectivity index (χ1v) is 13.4. The smallest absolute Gasteiger partial charge is 0.226 e. The summed E-state index contributed by atoms with van der Waals surface area (Å²) in [5.41, 5.74) is 2.91. The van der Waals surface area contributed by atoms with E-state index in [-0.39, 0.29) is 17.4 Å². The zero-order valence-corrected chi connectivity index (χ0v) is 22.2. The summed E-state index contributed by atoms with van der Waals surface area (Å²) in [6.07, 6.45) is 5.33. The summed E-state index contributed by atoms with van der Waals surface area (Å²) in [5.74, 6) is 1.42. The minimum atomic E-state index is 0.206. The van der Waals surface area contributed by atoms with Crippen LogP contribution in [0.2, 0.25) is 10.3 Å². The zero-order valence-electron chi connectivity index (χ0n) is 20.7. The molecule has 0 radical (unpaired) electrons. The molecule has 0 bridgehead atoms. The highest BCUT2D eigenvalue weighted by molar-refractivity contribution is 6.30. The van der Waals surface area contributed by atoms with Gasteiger partial charge in [-0.15, -0.1) is 0 Å². The molecule has 3 aromatic rings. The summed E-state index contributed by atoms with van der Waals surface area (Å²) < 4.78 is 7.88. The molecule has 2 aliphatic rings. The second kappa shape index (κ2) is 10.6. The van der Waals surface area contributed by atoms with Gasteiger partial charge in [0.25, 0.3) is 0 Å². The lowest BCUT2D eigenvalue weighted by Gasteiger charge is -2.44. The third kappa shape index (κ3) is 5.43. The topological polar surface area (TPSA) is 59.3 Å². The molecule has 0 saturated carbocycles. The Labute approximate surface area is 217 Å². The van der Waals surface area contributed by atoms with Crippen molar-refractivity contribution in [3.05, 3.63) is 46.5 Å². The minimum Gasteiger partial charge on any atom is -0.376 e. The first kappa shape index (κ1) is 24.8. The molecule has 9 heteroatoms. The van der Waals surface area contributed by atoms with Gasteiger partial charge < -0.3 is 14.2 Å². The molecule has 4 heterocycles. The van der Waals surface area contributed by atoms with Crippen molar-refractivity contribution in [1.82, 2.24) is 24.4 Å². The van der Waals surface area contributed by atoms with E-state index in [9.17, 15) is 0 Å². The number of halogens is 2. The fraction of sp³-hybridized carbons (Fsp3) is 0.577. The molecule has 0 amide bonds. The van der Waals surface area contributed by atoms with Crippen molar-refractivity contribution in [3.8, 4) is 0 Å². The second-order valence-corrected chi connectivity index (χ2v) is 11.0. The van der Waals surface area contributed by atoms with Crippen LogP contribution in [-0.4, -0.2) is 62.8 Å². The molecule has 2 aliphatic heterocycles. The van der Waals surface area contributed by atoms with Crippen molar-refractivity contribution in [2.24, 2.45) is 5.92 Å².